The van der Waals surface area contributed by atoms with Crippen LogP contribution in [-0.2, 0) is 6.54 Å². The molecular formula is C27H29N7OS. The van der Waals surface area contributed by atoms with Gasteiger partial charge in [0.05, 0.1) is 32.7 Å². The highest BCUT2D eigenvalue weighted by Crippen LogP contribution is 2.34. The van der Waals surface area contributed by atoms with Crippen molar-refractivity contribution in [1.29, 1.82) is 0 Å². The fourth-order valence-electron chi connectivity index (χ4n) is 4.17. The summed E-state index contributed by atoms with van der Waals surface area (Å²) in [5.41, 5.74) is 9.32. The summed E-state index contributed by atoms with van der Waals surface area (Å²) in [7, 11) is 1.95. The first-order valence-electron chi connectivity index (χ1n) is 11.9. The molecule has 36 heavy (non-hydrogen) atoms. The number of nitrogens with zero attached hydrogens (tertiary/aromatic N) is 4. The quantitative estimate of drug-likeness (QED) is 0.232. The second-order valence-corrected chi connectivity index (χ2v) is 9.60. The van der Waals surface area contributed by atoms with E-state index in [1.165, 1.54) is 5.56 Å². The van der Waals surface area contributed by atoms with Gasteiger partial charge in [0.1, 0.15) is 11.6 Å². The molecule has 0 bridgehead atoms. The lowest BCUT2D eigenvalue weighted by atomic mass is 10.0. The summed E-state index contributed by atoms with van der Waals surface area (Å²) in [6.07, 6.45) is 0. The summed E-state index contributed by atoms with van der Waals surface area (Å²) in [5, 5.41) is 14.3. The minimum absolute atomic E-state index is 0.643. The molecular weight excluding hydrogens is 470 g/mol. The van der Waals surface area contributed by atoms with Crippen LogP contribution in [0.2, 0.25) is 0 Å². The summed E-state index contributed by atoms with van der Waals surface area (Å²) >= 11 is 1.63. The number of anilines is 2. The van der Waals surface area contributed by atoms with Crippen LogP contribution in [0.1, 0.15) is 22.6 Å². The lowest BCUT2D eigenvalue weighted by Crippen LogP contribution is -2.24. The molecule has 0 aliphatic rings. The van der Waals surface area contributed by atoms with Gasteiger partial charge in [-0.05, 0) is 57.6 Å². The smallest absolute Gasteiger partial charge is 0.162 e. The zero-order valence-electron chi connectivity index (χ0n) is 20.8. The van der Waals surface area contributed by atoms with Gasteiger partial charge in [0.2, 0.25) is 0 Å². The molecule has 5 rings (SSSR count). The molecule has 0 saturated carbocycles. The third kappa shape index (κ3) is 4.99. The molecule has 0 spiro atoms. The van der Waals surface area contributed by atoms with Crippen LogP contribution in [-0.4, -0.2) is 40.2 Å². The molecule has 5 aromatic rings. The van der Waals surface area contributed by atoms with E-state index in [1.54, 1.807) is 11.3 Å². The maximum Gasteiger partial charge on any atom is 0.162 e. The van der Waals surface area contributed by atoms with E-state index in [9.17, 15) is 0 Å². The van der Waals surface area contributed by atoms with E-state index < -0.39 is 0 Å². The molecule has 3 heterocycles. The molecule has 0 aliphatic heterocycles. The number of benzene rings is 2. The van der Waals surface area contributed by atoms with Crippen molar-refractivity contribution in [2.45, 2.75) is 27.3 Å². The standard InChI is InChI=1S/C27H29N7OS/c1-16-25(24-17(2)34-35-18(24)3)32-27(20-7-5-6-19(12-20)14-29-11-10-28-4)33-26(16)31-21-8-9-23-22(13-21)30-15-36-23/h5-9,12-13,15,28-29H,10-11,14H2,1-4H3,(H,31,32,33). The molecule has 0 fully saturated rings. The van der Waals surface area contributed by atoms with Gasteiger partial charge in [0, 0.05) is 36.4 Å². The van der Waals surface area contributed by atoms with Gasteiger partial charge in [-0.25, -0.2) is 15.0 Å². The molecule has 0 atom stereocenters. The normalized spacial score (nSPS) is 11.3. The van der Waals surface area contributed by atoms with Crippen LogP contribution in [0.3, 0.4) is 0 Å². The largest absolute Gasteiger partial charge is 0.361 e. The van der Waals surface area contributed by atoms with Crippen LogP contribution in [0.5, 0.6) is 0 Å². The molecule has 3 N–H and O–H groups in total. The van der Waals surface area contributed by atoms with Gasteiger partial charge in [0.25, 0.3) is 0 Å². The molecule has 0 radical (unpaired) electrons. The Morgan fingerprint density at radius 2 is 1.89 bits per heavy atom. The minimum atomic E-state index is 0.643. The molecule has 8 nitrogen and oxygen atoms in total. The highest BCUT2D eigenvalue weighted by molar-refractivity contribution is 7.16. The van der Waals surface area contributed by atoms with Crippen molar-refractivity contribution >= 4 is 33.1 Å². The van der Waals surface area contributed by atoms with Crippen LogP contribution in [0.4, 0.5) is 11.5 Å². The average Bonchev–Trinajstić information content (AvgIpc) is 3.49. The van der Waals surface area contributed by atoms with E-state index in [4.69, 9.17) is 14.5 Å². The monoisotopic (exact) mass is 499 g/mol. The summed E-state index contributed by atoms with van der Waals surface area (Å²) in [4.78, 5) is 14.4. The summed E-state index contributed by atoms with van der Waals surface area (Å²) in [6.45, 7) is 8.47. The van der Waals surface area contributed by atoms with Gasteiger partial charge < -0.3 is 20.5 Å². The fourth-order valence-corrected chi connectivity index (χ4v) is 4.83. The maximum absolute atomic E-state index is 5.48. The van der Waals surface area contributed by atoms with Gasteiger partial charge in [0.15, 0.2) is 5.82 Å². The van der Waals surface area contributed by atoms with Gasteiger partial charge in [-0.3, -0.25) is 0 Å². The summed E-state index contributed by atoms with van der Waals surface area (Å²) < 4.78 is 6.63. The second-order valence-electron chi connectivity index (χ2n) is 8.71. The number of hydrogen-bond acceptors (Lipinski definition) is 9. The Morgan fingerprint density at radius 1 is 1.00 bits per heavy atom. The lowest BCUT2D eigenvalue weighted by molar-refractivity contribution is 0.393. The van der Waals surface area contributed by atoms with Crippen molar-refractivity contribution in [1.82, 2.24) is 30.7 Å². The van der Waals surface area contributed by atoms with Crippen LogP contribution >= 0.6 is 11.3 Å². The number of thiazole rings is 1. The third-order valence-corrected chi connectivity index (χ3v) is 6.89. The van der Waals surface area contributed by atoms with E-state index in [-0.39, 0.29) is 0 Å². The van der Waals surface area contributed by atoms with Gasteiger partial charge >= 0.3 is 0 Å². The topological polar surface area (TPSA) is 101 Å². The zero-order chi connectivity index (χ0) is 25.1. The Morgan fingerprint density at radius 3 is 2.69 bits per heavy atom. The number of aromatic nitrogens is 4. The van der Waals surface area contributed by atoms with E-state index in [1.807, 2.05) is 51.5 Å². The first-order chi connectivity index (χ1) is 17.5. The van der Waals surface area contributed by atoms with Crippen molar-refractivity contribution in [3.05, 3.63) is 70.6 Å². The van der Waals surface area contributed by atoms with E-state index in [2.05, 4.69) is 50.4 Å². The SMILES string of the molecule is CNCCNCc1cccc(-c2nc(Nc3ccc4scnc4c3)c(C)c(-c3c(C)noc3C)n2)c1. The van der Waals surface area contributed by atoms with Crippen LogP contribution in [0.15, 0.2) is 52.5 Å². The Labute approximate surface area is 214 Å². The van der Waals surface area contributed by atoms with Gasteiger partial charge in [-0.15, -0.1) is 11.3 Å². The predicted molar refractivity (Wildman–Crippen MR) is 146 cm³/mol. The number of nitrogens with one attached hydrogen (secondary N) is 3. The highest BCUT2D eigenvalue weighted by Gasteiger charge is 2.20. The Balaban J connectivity index is 1.57. The number of fused-ring (bicyclic) bond motifs is 1. The summed E-state index contributed by atoms with van der Waals surface area (Å²) in [6, 6.07) is 14.5. The van der Waals surface area contributed by atoms with Crippen molar-refractivity contribution < 1.29 is 4.52 Å². The zero-order valence-corrected chi connectivity index (χ0v) is 21.7. The molecule has 3 aromatic heterocycles. The van der Waals surface area contributed by atoms with Crippen molar-refractivity contribution in [3.63, 3.8) is 0 Å². The molecule has 184 valence electrons. The van der Waals surface area contributed by atoms with E-state index in [0.29, 0.717) is 5.82 Å². The van der Waals surface area contributed by atoms with Crippen LogP contribution < -0.4 is 16.0 Å². The molecule has 0 saturated heterocycles. The summed E-state index contributed by atoms with van der Waals surface area (Å²) in [5.74, 6) is 2.12. The number of hydrogen-bond donors (Lipinski definition) is 3. The Bertz CT molecular complexity index is 1490. The number of likely N-dealkylation sites (N-methyl/N-ethyl adjacent to an activating group) is 1. The molecule has 2 aromatic carbocycles. The van der Waals surface area contributed by atoms with E-state index in [0.717, 1.165) is 75.2 Å². The second kappa shape index (κ2) is 10.5. The lowest BCUT2D eigenvalue weighted by Gasteiger charge is -2.15. The van der Waals surface area contributed by atoms with Crippen LogP contribution in [0, 0.1) is 20.8 Å². The average molecular weight is 500 g/mol. The van der Waals surface area contributed by atoms with Crippen molar-refractivity contribution in [2.24, 2.45) is 0 Å². The first-order valence-corrected chi connectivity index (χ1v) is 12.8. The minimum Gasteiger partial charge on any atom is -0.361 e. The molecule has 9 heteroatoms. The van der Waals surface area contributed by atoms with E-state index >= 15 is 0 Å². The highest BCUT2D eigenvalue weighted by atomic mass is 32.1. The Kier molecular flexibility index (Phi) is 7.04. The van der Waals surface area contributed by atoms with Gasteiger partial charge in [-0.2, -0.15) is 0 Å². The Hall–Kier alpha value is -3.66. The maximum atomic E-state index is 5.48. The molecule has 0 unspecified atom stereocenters. The number of aryl methyl sites for hydroxylation is 2. The fraction of sp³-hybridized carbons (Fsp3) is 0.259. The first kappa shape index (κ1) is 24.1. The van der Waals surface area contributed by atoms with Crippen molar-refractivity contribution in [2.75, 3.05) is 25.5 Å². The molecule has 0 amide bonds. The predicted octanol–water partition coefficient (Wildman–Crippen LogP) is 5.39. The van der Waals surface area contributed by atoms with Crippen molar-refractivity contribution in [3.8, 4) is 22.6 Å². The number of rotatable bonds is 9. The van der Waals surface area contributed by atoms with Crippen LogP contribution in [0.25, 0.3) is 32.9 Å². The molecule has 0 aliphatic carbocycles. The third-order valence-electron chi connectivity index (χ3n) is 6.08. The van der Waals surface area contributed by atoms with Gasteiger partial charge in [-0.1, -0.05) is 23.4 Å².